The van der Waals surface area contributed by atoms with Crippen molar-refractivity contribution in [1.82, 2.24) is 10.2 Å². The van der Waals surface area contributed by atoms with Gasteiger partial charge < -0.3 is 10.2 Å². The summed E-state index contributed by atoms with van der Waals surface area (Å²) in [5, 5.41) is 3.01. The van der Waals surface area contributed by atoms with Crippen molar-refractivity contribution in [3.8, 4) is 0 Å². The minimum absolute atomic E-state index is 0.0340. The Hall–Kier alpha value is 0.0600. The molecule has 16 heavy (non-hydrogen) atoms. The Kier molecular flexibility index (Phi) is 9.16. The summed E-state index contributed by atoms with van der Waals surface area (Å²) in [6.07, 6.45) is 0.984. The Morgan fingerprint density at radius 1 is 1.12 bits per heavy atom. The number of nitrogens with one attached hydrogen (secondary N) is 1. The molecule has 0 saturated heterocycles. The molecule has 0 atom stereocenters. The van der Waals surface area contributed by atoms with Gasteiger partial charge in [-0.2, -0.15) is 13.2 Å². The minimum atomic E-state index is -4.09. The average Bonchev–Trinajstić information content (AvgIpc) is 2.21. The van der Waals surface area contributed by atoms with Crippen LogP contribution < -0.4 is 5.32 Å². The van der Waals surface area contributed by atoms with E-state index in [0.29, 0.717) is 6.54 Å². The number of halogens is 3. The highest BCUT2D eigenvalue weighted by Gasteiger charge is 2.27. The highest BCUT2D eigenvalue weighted by atomic mass is 32.2. The molecule has 1 N–H and O–H groups in total. The van der Waals surface area contributed by atoms with E-state index in [1.807, 2.05) is 0 Å². The number of nitrogens with zero attached hydrogens (tertiary/aromatic N) is 1. The summed E-state index contributed by atoms with van der Waals surface area (Å²) in [7, 11) is 0. The summed E-state index contributed by atoms with van der Waals surface area (Å²) in [5.74, 6) is 0.0920. The third-order valence-electron chi connectivity index (χ3n) is 2.27. The van der Waals surface area contributed by atoms with Gasteiger partial charge in [0.25, 0.3) is 0 Å². The predicted octanol–water partition coefficient (Wildman–Crippen LogP) is 2.56. The molecule has 0 rings (SSSR count). The molecule has 0 aliphatic rings. The number of hydrogen-bond donors (Lipinski definition) is 1. The van der Waals surface area contributed by atoms with E-state index < -0.39 is 5.51 Å². The predicted molar refractivity (Wildman–Crippen MR) is 63.8 cm³/mol. The van der Waals surface area contributed by atoms with Crippen molar-refractivity contribution in [2.24, 2.45) is 0 Å². The van der Waals surface area contributed by atoms with E-state index in [2.05, 4.69) is 24.1 Å². The third-order valence-corrected chi connectivity index (χ3v) is 3.00. The van der Waals surface area contributed by atoms with E-state index in [4.69, 9.17) is 0 Å². The maximum absolute atomic E-state index is 11.8. The van der Waals surface area contributed by atoms with Crippen LogP contribution in [0.3, 0.4) is 0 Å². The first-order valence-corrected chi connectivity index (χ1v) is 6.62. The van der Waals surface area contributed by atoms with Crippen molar-refractivity contribution in [2.75, 3.05) is 38.5 Å². The van der Waals surface area contributed by atoms with E-state index in [0.717, 1.165) is 32.6 Å². The molecule has 0 aromatic rings. The summed E-state index contributed by atoms with van der Waals surface area (Å²) in [5.41, 5.74) is -4.09. The van der Waals surface area contributed by atoms with Gasteiger partial charge in [0.05, 0.1) is 0 Å². The summed E-state index contributed by atoms with van der Waals surface area (Å²) >= 11 is 0.0340. The molecule has 0 saturated carbocycles. The molecule has 0 spiro atoms. The topological polar surface area (TPSA) is 15.3 Å². The molecule has 0 aromatic heterocycles. The summed E-state index contributed by atoms with van der Waals surface area (Å²) in [4.78, 5) is 2.30. The van der Waals surface area contributed by atoms with E-state index in [1.165, 1.54) is 0 Å². The number of alkyl halides is 3. The number of thioether (sulfide) groups is 1. The van der Waals surface area contributed by atoms with Gasteiger partial charge in [-0.25, -0.2) is 0 Å². The third kappa shape index (κ3) is 10.6. The Morgan fingerprint density at radius 2 is 1.75 bits per heavy atom. The first-order chi connectivity index (χ1) is 7.49. The van der Waals surface area contributed by atoms with E-state index in [1.54, 1.807) is 0 Å². The Labute approximate surface area is 100.0 Å². The van der Waals surface area contributed by atoms with Gasteiger partial charge in [-0.3, -0.25) is 0 Å². The van der Waals surface area contributed by atoms with Crippen LogP contribution in [0.2, 0.25) is 0 Å². The van der Waals surface area contributed by atoms with Crippen LogP contribution in [-0.2, 0) is 0 Å². The molecular weight excluding hydrogens is 237 g/mol. The fourth-order valence-electron chi connectivity index (χ4n) is 1.33. The van der Waals surface area contributed by atoms with Crippen LogP contribution in [0.25, 0.3) is 0 Å². The second kappa shape index (κ2) is 9.13. The van der Waals surface area contributed by atoms with Crippen molar-refractivity contribution in [2.45, 2.75) is 25.8 Å². The number of rotatable bonds is 9. The first-order valence-electron chi connectivity index (χ1n) is 5.63. The van der Waals surface area contributed by atoms with Gasteiger partial charge in [0, 0.05) is 12.3 Å². The lowest BCUT2D eigenvalue weighted by atomic mass is 10.3. The zero-order chi connectivity index (χ0) is 12.4. The second-order valence-electron chi connectivity index (χ2n) is 3.42. The standard InChI is InChI=1S/C10H21F3N2S/c1-3-15(4-2)8-5-6-14-7-9-16-10(11,12)13/h14H,3-9H2,1-2H3. The first kappa shape index (κ1) is 16.1. The Balaban J connectivity index is 3.21. The summed E-state index contributed by atoms with van der Waals surface area (Å²) in [6, 6.07) is 0. The molecule has 0 bridgehead atoms. The van der Waals surface area contributed by atoms with Gasteiger partial charge in [0.2, 0.25) is 0 Å². The molecular formula is C10H21F3N2S. The molecule has 0 aliphatic carbocycles. The summed E-state index contributed by atoms with van der Waals surface area (Å²) < 4.78 is 35.3. The van der Waals surface area contributed by atoms with E-state index in [9.17, 15) is 13.2 Å². The molecule has 0 radical (unpaired) electrons. The molecule has 6 heteroatoms. The molecule has 98 valence electrons. The lowest BCUT2D eigenvalue weighted by Gasteiger charge is -2.17. The SMILES string of the molecule is CCN(CC)CCCNCCSC(F)(F)F. The van der Waals surface area contributed by atoms with E-state index >= 15 is 0 Å². The Morgan fingerprint density at radius 3 is 2.25 bits per heavy atom. The quantitative estimate of drug-likeness (QED) is 0.640. The Bertz CT molecular complexity index is 161. The highest BCUT2D eigenvalue weighted by Crippen LogP contribution is 2.29. The van der Waals surface area contributed by atoms with Crippen LogP contribution >= 0.6 is 11.8 Å². The maximum Gasteiger partial charge on any atom is 0.441 e. The summed E-state index contributed by atoms with van der Waals surface area (Å²) in [6.45, 7) is 8.48. The van der Waals surface area contributed by atoms with Crippen molar-refractivity contribution in [1.29, 1.82) is 0 Å². The molecule has 0 aromatic carbocycles. The maximum atomic E-state index is 11.8. The van der Waals surface area contributed by atoms with E-state index in [-0.39, 0.29) is 17.5 Å². The number of hydrogen-bond acceptors (Lipinski definition) is 3. The molecule has 0 heterocycles. The smallest absolute Gasteiger partial charge is 0.316 e. The molecule has 0 amide bonds. The van der Waals surface area contributed by atoms with Gasteiger partial charge in [0.1, 0.15) is 0 Å². The largest absolute Gasteiger partial charge is 0.441 e. The fraction of sp³-hybridized carbons (Fsp3) is 1.00. The van der Waals surface area contributed by atoms with Crippen LogP contribution in [0.1, 0.15) is 20.3 Å². The van der Waals surface area contributed by atoms with Crippen molar-refractivity contribution >= 4 is 11.8 Å². The van der Waals surface area contributed by atoms with Crippen LogP contribution in [0.4, 0.5) is 13.2 Å². The molecule has 0 fully saturated rings. The second-order valence-corrected chi connectivity index (χ2v) is 4.58. The lowest BCUT2D eigenvalue weighted by Crippen LogP contribution is -2.28. The molecule has 0 unspecified atom stereocenters. The normalized spacial score (nSPS) is 12.4. The van der Waals surface area contributed by atoms with Gasteiger partial charge in [-0.15, -0.1) is 0 Å². The minimum Gasteiger partial charge on any atom is -0.316 e. The molecule has 2 nitrogen and oxygen atoms in total. The van der Waals surface area contributed by atoms with Crippen LogP contribution in [0.5, 0.6) is 0 Å². The van der Waals surface area contributed by atoms with Crippen molar-refractivity contribution < 1.29 is 13.2 Å². The average molecular weight is 258 g/mol. The van der Waals surface area contributed by atoms with Gasteiger partial charge in [0.15, 0.2) is 0 Å². The monoisotopic (exact) mass is 258 g/mol. The van der Waals surface area contributed by atoms with Gasteiger partial charge in [-0.1, -0.05) is 13.8 Å². The van der Waals surface area contributed by atoms with Crippen LogP contribution in [0, 0.1) is 0 Å². The van der Waals surface area contributed by atoms with Gasteiger partial charge >= 0.3 is 5.51 Å². The zero-order valence-corrected chi connectivity index (χ0v) is 10.8. The highest BCUT2D eigenvalue weighted by molar-refractivity contribution is 8.00. The van der Waals surface area contributed by atoms with Crippen LogP contribution in [0.15, 0.2) is 0 Å². The van der Waals surface area contributed by atoms with Crippen molar-refractivity contribution in [3.63, 3.8) is 0 Å². The lowest BCUT2D eigenvalue weighted by molar-refractivity contribution is -0.0327. The molecule has 0 aliphatic heterocycles. The van der Waals surface area contributed by atoms with Crippen LogP contribution in [-0.4, -0.2) is 48.9 Å². The fourth-order valence-corrected chi connectivity index (χ4v) is 1.81. The van der Waals surface area contributed by atoms with Gasteiger partial charge in [-0.05, 0) is 44.4 Å². The zero-order valence-electron chi connectivity index (χ0n) is 9.94. The van der Waals surface area contributed by atoms with Crippen molar-refractivity contribution in [3.05, 3.63) is 0 Å².